The molecule has 166 valence electrons. The quantitative estimate of drug-likeness (QED) is 0.340. The van der Waals surface area contributed by atoms with E-state index >= 15 is 0 Å². The maximum atomic E-state index is 6.82. The maximum absolute atomic E-state index is 6.82. The first-order valence-corrected chi connectivity index (χ1v) is 19.0. The summed E-state index contributed by atoms with van der Waals surface area (Å²) in [5.41, 5.74) is 1.35. The minimum absolute atomic E-state index is 0.130. The molecule has 0 bridgehead atoms. The molecular formula is C26H42O2Si2. The maximum Gasteiger partial charge on any atom is 0.241 e. The highest BCUT2D eigenvalue weighted by atomic mass is 28.4. The Morgan fingerprint density at radius 2 is 1.73 bits per heavy atom. The molecule has 4 heteroatoms. The lowest BCUT2D eigenvalue weighted by Crippen LogP contribution is -2.55. The molecule has 0 aromatic carbocycles. The van der Waals surface area contributed by atoms with Crippen LogP contribution in [0.5, 0.6) is 0 Å². The van der Waals surface area contributed by atoms with E-state index in [0.717, 1.165) is 30.6 Å². The van der Waals surface area contributed by atoms with E-state index in [9.17, 15) is 0 Å². The van der Waals surface area contributed by atoms with Gasteiger partial charge in [0.1, 0.15) is 5.60 Å². The van der Waals surface area contributed by atoms with Crippen LogP contribution in [0, 0.1) is 41.4 Å². The molecule has 2 nitrogen and oxygen atoms in total. The van der Waals surface area contributed by atoms with Crippen LogP contribution in [0.3, 0.4) is 0 Å². The van der Waals surface area contributed by atoms with E-state index in [0.29, 0.717) is 5.92 Å². The van der Waals surface area contributed by atoms with Crippen LogP contribution in [-0.4, -0.2) is 22.2 Å². The second-order valence-corrected chi connectivity index (χ2v) is 21.4. The lowest BCUT2D eigenvalue weighted by Gasteiger charge is -2.55. The highest BCUT2D eigenvalue weighted by Gasteiger charge is 2.63. The zero-order valence-electron chi connectivity index (χ0n) is 20.3. The van der Waals surface area contributed by atoms with Crippen LogP contribution in [0.2, 0.25) is 39.3 Å². The molecule has 0 radical (unpaired) electrons. The number of fused-ring (bicyclic) bond motifs is 5. The van der Waals surface area contributed by atoms with Gasteiger partial charge in [0.05, 0.1) is 5.76 Å². The van der Waals surface area contributed by atoms with Crippen molar-refractivity contribution < 1.29 is 8.85 Å². The Hall–Kier alpha value is -0.766. The van der Waals surface area contributed by atoms with E-state index < -0.39 is 16.6 Å². The van der Waals surface area contributed by atoms with E-state index in [4.69, 9.17) is 15.3 Å². The Kier molecular flexibility index (Phi) is 5.52. The molecule has 0 aliphatic heterocycles. The summed E-state index contributed by atoms with van der Waals surface area (Å²) in [6, 6.07) is 0. The Bertz CT molecular complexity index is 793. The largest absolute Gasteiger partial charge is 0.547 e. The van der Waals surface area contributed by atoms with Gasteiger partial charge in [-0.1, -0.05) is 18.9 Å². The zero-order chi connectivity index (χ0) is 21.9. The molecule has 4 aliphatic carbocycles. The van der Waals surface area contributed by atoms with Gasteiger partial charge in [-0.25, -0.2) is 0 Å². The van der Waals surface area contributed by atoms with Gasteiger partial charge in [0.15, 0.2) is 8.32 Å². The van der Waals surface area contributed by atoms with Gasteiger partial charge in [0.2, 0.25) is 8.32 Å². The smallest absolute Gasteiger partial charge is 0.241 e. The second-order valence-electron chi connectivity index (χ2n) is 12.5. The zero-order valence-corrected chi connectivity index (χ0v) is 22.3. The molecule has 6 unspecified atom stereocenters. The third kappa shape index (κ3) is 3.80. The molecule has 4 rings (SSSR count). The van der Waals surface area contributed by atoms with Crippen molar-refractivity contribution in [1.82, 2.24) is 0 Å². The first-order valence-electron chi connectivity index (χ1n) is 12.2. The van der Waals surface area contributed by atoms with Crippen molar-refractivity contribution in [3.63, 3.8) is 0 Å². The summed E-state index contributed by atoms with van der Waals surface area (Å²) in [6.07, 6.45) is 19.6. The monoisotopic (exact) mass is 442 g/mol. The van der Waals surface area contributed by atoms with Crippen LogP contribution in [0.15, 0.2) is 23.5 Å². The van der Waals surface area contributed by atoms with Crippen molar-refractivity contribution >= 4 is 16.6 Å². The topological polar surface area (TPSA) is 18.5 Å². The van der Waals surface area contributed by atoms with Crippen molar-refractivity contribution in [3.8, 4) is 12.3 Å². The van der Waals surface area contributed by atoms with Gasteiger partial charge < -0.3 is 8.85 Å². The van der Waals surface area contributed by atoms with Crippen molar-refractivity contribution in [2.24, 2.45) is 29.1 Å². The van der Waals surface area contributed by atoms with E-state index in [1.54, 1.807) is 5.57 Å². The minimum Gasteiger partial charge on any atom is -0.547 e. The average molecular weight is 443 g/mol. The summed E-state index contributed by atoms with van der Waals surface area (Å²) < 4.78 is 13.2. The molecule has 0 spiro atoms. The van der Waals surface area contributed by atoms with Crippen LogP contribution < -0.4 is 0 Å². The van der Waals surface area contributed by atoms with Crippen LogP contribution >= 0.6 is 0 Å². The summed E-state index contributed by atoms with van der Waals surface area (Å²) in [5.74, 6) is 7.47. The highest BCUT2D eigenvalue weighted by Crippen LogP contribution is 2.65. The molecule has 0 aromatic rings. The number of rotatable bonds is 4. The van der Waals surface area contributed by atoms with Gasteiger partial charge in [-0.15, -0.1) is 6.42 Å². The van der Waals surface area contributed by atoms with Crippen LogP contribution in [0.1, 0.15) is 51.9 Å². The molecule has 6 atom stereocenters. The summed E-state index contributed by atoms with van der Waals surface area (Å²) in [6.45, 7) is 16.2. The Labute approximate surface area is 187 Å². The second kappa shape index (κ2) is 7.39. The third-order valence-corrected chi connectivity index (χ3v) is 10.2. The Morgan fingerprint density at radius 1 is 1.00 bits per heavy atom. The predicted octanol–water partition coefficient (Wildman–Crippen LogP) is 7.13. The first-order chi connectivity index (χ1) is 13.9. The molecule has 0 N–H and O–H groups in total. The lowest BCUT2D eigenvalue weighted by molar-refractivity contribution is -0.0711. The van der Waals surface area contributed by atoms with Crippen molar-refractivity contribution in [3.05, 3.63) is 23.5 Å². The van der Waals surface area contributed by atoms with Crippen molar-refractivity contribution in [1.29, 1.82) is 0 Å². The Balaban J connectivity index is 1.59. The van der Waals surface area contributed by atoms with E-state index in [1.165, 1.54) is 37.9 Å². The normalized spacial score (nSPS) is 41.0. The Morgan fingerprint density at radius 3 is 2.37 bits per heavy atom. The summed E-state index contributed by atoms with van der Waals surface area (Å²) in [4.78, 5) is 0. The van der Waals surface area contributed by atoms with Crippen LogP contribution in [0.4, 0.5) is 0 Å². The number of hydrogen-bond acceptors (Lipinski definition) is 2. The van der Waals surface area contributed by atoms with Gasteiger partial charge >= 0.3 is 0 Å². The van der Waals surface area contributed by atoms with Gasteiger partial charge in [-0.3, -0.25) is 0 Å². The third-order valence-electron chi connectivity index (χ3n) is 8.36. The standard InChI is InChI=1S/C26H42O2Si2/c1-9-26(28-30(6,7)8)17-15-24-23-12-10-19-18-20(27-29(3,4)5)11-13-21(19)22(23)14-16-25(24,26)2/h1,10,18,21-24H,11-17H2,2-8H3. The number of terminal acetylenes is 1. The fraction of sp³-hybridized carbons (Fsp3) is 0.769. The predicted molar refractivity (Wildman–Crippen MR) is 131 cm³/mol. The molecule has 0 heterocycles. The van der Waals surface area contributed by atoms with Crippen molar-refractivity contribution in [2.75, 3.05) is 0 Å². The van der Waals surface area contributed by atoms with E-state index in [2.05, 4.69) is 64.3 Å². The van der Waals surface area contributed by atoms with E-state index in [1.807, 2.05) is 0 Å². The minimum atomic E-state index is -1.71. The molecule has 30 heavy (non-hydrogen) atoms. The SMILES string of the molecule is C#CC1(O[Si](C)(C)C)CCC2C3CC=C4C=C(O[Si](C)(C)C)CCC4C3CCC21C. The van der Waals surface area contributed by atoms with Crippen LogP contribution in [0.25, 0.3) is 0 Å². The number of hydrogen-bond donors (Lipinski definition) is 0. The summed E-state index contributed by atoms with van der Waals surface area (Å²) in [7, 11) is -3.24. The van der Waals surface area contributed by atoms with Crippen LogP contribution in [-0.2, 0) is 8.85 Å². The molecule has 0 amide bonds. The number of allylic oxidation sites excluding steroid dienone is 4. The summed E-state index contributed by atoms with van der Waals surface area (Å²) in [5, 5.41) is 0. The van der Waals surface area contributed by atoms with Gasteiger partial charge in [-0.2, -0.15) is 0 Å². The first kappa shape index (κ1) is 22.4. The molecule has 0 saturated heterocycles. The average Bonchev–Trinajstić information content (AvgIpc) is 2.91. The molecule has 4 aliphatic rings. The van der Waals surface area contributed by atoms with Crippen molar-refractivity contribution in [2.45, 2.75) is 96.8 Å². The highest BCUT2D eigenvalue weighted by molar-refractivity contribution is 6.70. The molecule has 2 fully saturated rings. The van der Waals surface area contributed by atoms with E-state index in [-0.39, 0.29) is 11.0 Å². The fourth-order valence-corrected chi connectivity index (χ4v) is 9.74. The fourth-order valence-electron chi connectivity index (χ4n) is 7.36. The molecule has 0 aromatic heterocycles. The summed E-state index contributed by atoms with van der Waals surface area (Å²) >= 11 is 0. The van der Waals surface area contributed by atoms with Gasteiger partial charge in [-0.05, 0) is 113 Å². The molecular weight excluding hydrogens is 400 g/mol. The molecule has 2 saturated carbocycles. The lowest BCUT2D eigenvalue weighted by atomic mass is 9.51. The van der Waals surface area contributed by atoms with Gasteiger partial charge in [0, 0.05) is 11.8 Å². The van der Waals surface area contributed by atoms with Gasteiger partial charge in [0.25, 0.3) is 0 Å².